The van der Waals surface area contributed by atoms with Gasteiger partial charge in [-0.2, -0.15) is 4.98 Å². The van der Waals surface area contributed by atoms with Crippen LogP contribution in [-0.2, 0) is 4.74 Å². The Kier molecular flexibility index (Phi) is 6.99. The number of para-hydroxylation sites is 1. The van der Waals surface area contributed by atoms with E-state index in [9.17, 15) is 9.59 Å². The van der Waals surface area contributed by atoms with Crippen molar-refractivity contribution in [2.45, 2.75) is 0 Å². The predicted molar refractivity (Wildman–Crippen MR) is 141 cm³/mol. The number of aromatic nitrogens is 4. The number of methoxy groups -OCH3 is 1. The van der Waals surface area contributed by atoms with Crippen molar-refractivity contribution in [1.82, 2.24) is 24.4 Å². The second kappa shape index (κ2) is 10.5. The molecule has 2 aromatic heterocycles. The topological polar surface area (TPSA) is 108 Å². The van der Waals surface area contributed by atoms with Crippen molar-refractivity contribution in [1.29, 1.82) is 0 Å². The van der Waals surface area contributed by atoms with Gasteiger partial charge < -0.3 is 15.0 Å². The lowest BCUT2D eigenvalue weighted by atomic mass is 10.2. The largest absolute Gasteiger partial charge is 0.383 e. The highest BCUT2D eigenvalue weighted by Crippen LogP contribution is 2.22. The molecule has 0 unspecified atom stereocenters. The SMILES string of the molecule is COCCN1CCN(c2ccc(Nc3ncc4c(=O)n(-c5ccccc5Cl)c(=O)[nH]c4n3)cc2)CC1. The summed E-state index contributed by atoms with van der Waals surface area (Å²) in [6, 6.07) is 14.7. The van der Waals surface area contributed by atoms with Crippen LogP contribution in [-0.4, -0.2) is 70.9 Å². The van der Waals surface area contributed by atoms with Crippen molar-refractivity contribution >= 4 is 40.0 Å². The van der Waals surface area contributed by atoms with E-state index in [1.54, 1.807) is 31.4 Å². The van der Waals surface area contributed by atoms with Gasteiger partial charge in [0, 0.05) is 57.4 Å². The second-order valence-corrected chi connectivity index (χ2v) is 8.88. The molecule has 2 aromatic carbocycles. The fraction of sp³-hybridized carbons (Fsp3) is 0.280. The summed E-state index contributed by atoms with van der Waals surface area (Å²) < 4.78 is 6.15. The first kappa shape index (κ1) is 24.0. The average molecular weight is 508 g/mol. The molecule has 0 saturated carbocycles. The van der Waals surface area contributed by atoms with Gasteiger partial charge in [-0.15, -0.1) is 0 Å². The third kappa shape index (κ3) is 4.97. The molecule has 1 saturated heterocycles. The van der Waals surface area contributed by atoms with E-state index in [2.05, 4.69) is 42.2 Å². The quantitative estimate of drug-likeness (QED) is 0.393. The number of benzene rings is 2. The number of nitrogens with zero attached hydrogens (tertiary/aromatic N) is 5. The molecule has 2 N–H and O–H groups in total. The van der Waals surface area contributed by atoms with Crippen LogP contribution >= 0.6 is 11.6 Å². The van der Waals surface area contributed by atoms with Gasteiger partial charge in [-0.25, -0.2) is 14.3 Å². The highest BCUT2D eigenvalue weighted by atomic mass is 35.5. The van der Waals surface area contributed by atoms with Gasteiger partial charge in [0.1, 0.15) is 5.39 Å². The molecule has 0 radical (unpaired) electrons. The zero-order valence-electron chi connectivity index (χ0n) is 19.8. The molecule has 0 spiro atoms. The van der Waals surface area contributed by atoms with Crippen LogP contribution in [0.3, 0.4) is 0 Å². The van der Waals surface area contributed by atoms with Crippen LogP contribution in [0.25, 0.3) is 16.7 Å². The molecule has 0 atom stereocenters. The third-order valence-electron chi connectivity index (χ3n) is 6.22. The first-order valence-corrected chi connectivity index (χ1v) is 12.0. The fourth-order valence-corrected chi connectivity index (χ4v) is 4.47. The summed E-state index contributed by atoms with van der Waals surface area (Å²) >= 11 is 6.19. The van der Waals surface area contributed by atoms with Crippen LogP contribution in [0.5, 0.6) is 0 Å². The minimum Gasteiger partial charge on any atom is -0.383 e. The molecule has 0 bridgehead atoms. The molecule has 1 aliphatic rings. The van der Waals surface area contributed by atoms with E-state index < -0.39 is 11.2 Å². The lowest BCUT2D eigenvalue weighted by Gasteiger charge is -2.36. The molecule has 0 amide bonds. The number of hydrogen-bond acceptors (Lipinski definition) is 8. The van der Waals surface area contributed by atoms with Crippen LogP contribution in [0.4, 0.5) is 17.3 Å². The highest BCUT2D eigenvalue weighted by molar-refractivity contribution is 6.32. The van der Waals surface area contributed by atoms with E-state index in [0.29, 0.717) is 10.7 Å². The summed E-state index contributed by atoms with van der Waals surface area (Å²) in [5.74, 6) is 0.271. The molecule has 1 aliphatic heterocycles. The number of ether oxygens (including phenoxy) is 1. The summed E-state index contributed by atoms with van der Waals surface area (Å²) in [4.78, 5) is 41.7. The number of rotatable bonds is 7. The van der Waals surface area contributed by atoms with E-state index >= 15 is 0 Å². The smallest absolute Gasteiger partial charge is 0.334 e. The van der Waals surface area contributed by atoms with E-state index in [-0.39, 0.29) is 17.0 Å². The first-order valence-electron chi connectivity index (χ1n) is 11.6. The Morgan fingerprint density at radius 1 is 1.06 bits per heavy atom. The summed E-state index contributed by atoms with van der Waals surface area (Å²) in [5, 5.41) is 3.61. The highest BCUT2D eigenvalue weighted by Gasteiger charge is 2.17. The summed E-state index contributed by atoms with van der Waals surface area (Å²) in [7, 11) is 1.73. The van der Waals surface area contributed by atoms with Crippen molar-refractivity contribution < 1.29 is 4.74 Å². The molecule has 0 aliphatic carbocycles. The summed E-state index contributed by atoms with van der Waals surface area (Å²) in [6.45, 7) is 5.64. The van der Waals surface area contributed by atoms with E-state index in [1.807, 2.05) is 12.1 Å². The Bertz CT molecular complexity index is 1480. The van der Waals surface area contributed by atoms with Crippen molar-refractivity contribution in [2.75, 3.05) is 56.7 Å². The van der Waals surface area contributed by atoms with Gasteiger partial charge in [-0.1, -0.05) is 23.7 Å². The maximum Gasteiger partial charge on any atom is 0.334 e. The Balaban J connectivity index is 1.32. The monoisotopic (exact) mass is 507 g/mol. The molecular formula is C25H26ClN7O3. The Morgan fingerprint density at radius 2 is 1.81 bits per heavy atom. The van der Waals surface area contributed by atoms with Gasteiger partial charge in [0.2, 0.25) is 5.95 Å². The van der Waals surface area contributed by atoms with E-state index in [1.165, 1.54) is 6.20 Å². The van der Waals surface area contributed by atoms with Gasteiger partial charge in [-0.3, -0.25) is 14.7 Å². The minimum absolute atomic E-state index is 0.147. The van der Waals surface area contributed by atoms with Crippen molar-refractivity contribution in [2.24, 2.45) is 0 Å². The number of fused-ring (bicyclic) bond motifs is 1. The maximum absolute atomic E-state index is 13.0. The van der Waals surface area contributed by atoms with Crippen molar-refractivity contribution in [3.05, 3.63) is 80.6 Å². The number of piperazine rings is 1. The number of anilines is 3. The number of hydrogen-bond donors (Lipinski definition) is 2. The van der Waals surface area contributed by atoms with Crippen LogP contribution in [0.15, 0.2) is 64.3 Å². The van der Waals surface area contributed by atoms with Crippen LogP contribution in [0.1, 0.15) is 0 Å². The molecule has 3 heterocycles. The average Bonchev–Trinajstić information content (AvgIpc) is 2.89. The van der Waals surface area contributed by atoms with Crippen molar-refractivity contribution in [3.63, 3.8) is 0 Å². The first-order chi connectivity index (χ1) is 17.5. The molecule has 1 fully saturated rings. The van der Waals surface area contributed by atoms with Gasteiger partial charge in [0.25, 0.3) is 5.56 Å². The van der Waals surface area contributed by atoms with E-state index in [4.69, 9.17) is 16.3 Å². The van der Waals surface area contributed by atoms with Crippen LogP contribution < -0.4 is 21.5 Å². The maximum atomic E-state index is 13.0. The normalized spacial score (nSPS) is 14.3. The molecule has 10 nitrogen and oxygen atoms in total. The second-order valence-electron chi connectivity index (χ2n) is 8.47. The van der Waals surface area contributed by atoms with Gasteiger partial charge in [-0.05, 0) is 36.4 Å². The molecule has 4 aromatic rings. The Hall–Kier alpha value is -3.73. The molecule has 36 heavy (non-hydrogen) atoms. The number of nitrogens with one attached hydrogen (secondary N) is 2. The van der Waals surface area contributed by atoms with Gasteiger partial charge in [0.05, 0.1) is 17.3 Å². The van der Waals surface area contributed by atoms with Crippen LogP contribution in [0, 0.1) is 0 Å². The number of aromatic amines is 1. The fourth-order valence-electron chi connectivity index (χ4n) is 4.25. The number of halogens is 1. The zero-order valence-corrected chi connectivity index (χ0v) is 20.5. The molecule has 5 rings (SSSR count). The predicted octanol–water partition coefficient (Wildman–Crippen LogP) is 2.63. The van der Waals surface area contributed by atoms with Crippen molar-refractivity contribution in [3.8, 4) is 5.69 Å². The Labute approximate surface area is 212 Å². The third-order valence-corrected chi connectivity index (χ3v) is 6.54. The van der Waals surface area contributed by atoms with E-state index in [0.717, 1.165) is 55.3 Å². The standard InChI is InChI=1S/C25H26ClN7O3/c1-36-15-14-31-10-12-32(13-11-31)18-8-6-17(7-9-18)28-24-27-16-19-22(29-24)30-25(35)33(23(19)34)21-5-3-2-4-20(21)26/h2-9,16H,10-15H2,1H3,(H2,27,28,29,30,35). The van der Waals surface area contributed by atoms with Crippen LogP contribution in [0.2, 0.25) is 5.02 Å². The van der Waals surface area contributed by atoms with Gasteiger partial charge in [0.15, 0.2) is 5.65 Å². The Morgan fingerprint density at radius 3 is 2.53 bits per heavy atom. The molecule has 11 heteroatoms. The lowest BCUT2D eigenvalue weighted by molar-refractivity contribution is 0.144. The number of H-pyrrole nitrogens is 1. The zero-order chi connectivity index (χ0) is 25.1. The summed E-state index contributed by atoms with van der Waals surface area (Å²) in [5.41, 5.74) is 1.22. The molecular weight excluding hydrogens is 482 g/mol. The minimum atomic E-state index is -0.628. The molecule has 186 valence electrons. The van der Waals surface area contributed by atoms with Gasteiger partial charge >= 0.3 is 5.69 Å². The summed E-state index contributed by atoms with van der Waals surface area (Å²) in [6.07, 6.45) is 1.40. The lowest BCUT2D eigenvalue weighted by Crippen LogP contribution is -2.47.